The Morgan fingerprint density at radius 1 is 0.617 bits per heavy atom. The molecule has 0 spiro atoms. The summed E-state index contributed by atoms with van der Waals surface area (Å²) < 4.78 is 0. The molecule has 47 heavy (non-hydrogen) atoms. The fourth-order valence-corrected chi connectivity index (χ4v) is 6.76. The highest BCUT2D eigenvalue weighted by molar-refractivity contribution is 5.95. The Morgan fingerprint density at radius 3 is 1.83 bits per heavy atom. The van der Waals surface area contributed by atoms with E-state index in [9.17, 15) is 0 Å². The molecule has 0 nitrogen and oxygen atoms in total. The molecule has 232 valence electrons. The Hall–Kier alpha value is -5.46. The van der Waals surface area contributed by atoms with Crippen molar-refractivity contribution >= 4 is 11.1 Å². The minimum absolute atomic E-state index is 0.404. The summed E-state index contributed by atoms with van der Waals surface area (Å²) in [7, 11) is 0. The molecule has 0 saturated heterocycles. The molecule has 1 aliphatic rings. The van der Waals surface area contributed by atoms with E-state index in [0.717, 1.165) is 5.57 Å². The van der Waals surface area contributed by atoms with Gasteiger partial charge in [0.2, 0.25) is 0 Å². The van der Waals surface area contributed by atoms with Gasteiger partial charge < -0.3 is 0 Å². The van der Waals surface area contributed by atoms with Gasteiger partial charge >= 0.3 is 0 Å². The van der Waals surface area contributed by atoms with Crippen molar-refractivity contribution in [3.05, 3.63) is 216 Å². The van der Waals surface area contributed by atoms with Crippen LogP contribution in [-0.2, 0) is 5.41 Å². The Bertz CT molecular complexity index is 1960. The molecule has 0 amide bonds. The first-order valence-corrected chi connectivity index (χ1v) is 16.4. The molecule has 5 aromatic rings. The second-order valence-electron chi connectivity index (χ2n) is 11.7. The Balaban J connectivity index is 0.000000241. The van der Waals surface area contributed by atoms with Crippen molar-refractivity contribution in [1.82, 2.24) is 0 Å². The summed E-state index contributed by atoms with van der Waals surface area (Å²) in [5, 5.41) is 0. The van der Waals surface area contributed by atoms with Crippen LogP contribution in [0.5, 0.6) is 0 Å². The maximum Gasteiger partial charge on any atom is 0.0713 e. The Morgan fingerprint density at radius 2 is 1.21 bits per heavy atom. The van der Waals surface area contributed by atoms with Crippen molar-refractivity contribution < 1.29 is 0 Å². The number of allylic oxidation sites excluding steroid dienone is 10. The van der Waals surface area contributed by atoms with Gasteiger partial charge in [0.1, 0.15) is 0 Å². The second-order valence-corrected chi connectivity index (χ2v) is 11.7. The van der Waals surface area contributed by atoms with Crippen LogP contribution in [0.25, 0.3) is 33.4 Å². The summed E-state index contributed by atoms with van der Waals surface area (Å²) in [6.07, 6.45) is 14.9. The van der Waals surface area contributed by atoms with Crippen LogP contribution in [0, 0.1) is 0 Å². The van der Waals surface area contributed by atoms with Gasteiger partial charge in [-0.05, 0) is 88.9 Å². The van der Waals surface area contributed by atoms with E-state index in [1.807, 2.05) is 19.1 Å². The van der Waals surface area contributed by atoms with Crippen molar-refractivity contribution in [3.63, 3.8) is 0 Å². The van der Waals surface area contributed by atoms with Gasteiger partial charge in [-0.3, -0.25) is 0 Å². The normalized spacial score (nSPS) is 15.6. The van der Waals surface area contributed by atoms with Crippen LogP contribution in [0.1, 0.15) is 55.5 Å². The molecule has 5 aromatic carbocycles. The van der Waals surface area contributed by atoms with Crippen LogP contribution in [0.2, 0.25) is 0 Å². The van der Waals surface area contributed by atoms with Crippen LogP contribution < -0.4 is 0 Å². The molecule has 0 heterocycles. The van der Waals surface area contributed by atoms with E-state index in [-0.39, 0.29) is 0 Å². The van der Waals surface area contributed by atoms with E-state index >= 15 is 0 Å². The topological polar surface area (TPSA) is 0 Å². The minimum atomic E-state index is -0.404. The highest BCUT2D eigenvalue weighted by atomic mass is 14.5. The summed E-state index contributed by atoms with van der Waals surface area (Å²) >= 11 is 0. The molecule has 6 rings (SSSR count). The first kappa shape index (κ1) is 32.9. The Labute approximate surface area is 282 Å². The first-order chi connectivity index (χ1) is 23.0. The van der Waals surface area contributed by atoms with Crippen LogP contribution in [0.15, 0.2) is 189 Å². The molecule has 0 fully saturated rings. The number of benzene rings is 5. The smallest absolute Gasteiger partial charge is 0.0713 e. The fraction of sp³-hybridized carbons (Fsp3) is 0.106. The molecule has 0 aliphatic heterocycles. The van der Waals surface area contributed by atoms with Gasteiger partial charge in [-0.2, -0.15) is 0 Å². The van der Waals surface area contributed by atoms with Gasteiger partial charge in [0.25, 0.3) is 0 Å². The Kier molecular flexibility index (Phi) is 10.7. The third kappa shape index (κ3) is 6.46. The zero-order chi connectivity index (χ0) is 33.2. The molecule has 0 N–H and O–H groups in total. The largest absolute Gasteiger partial charge is 0.0991 e. The highest BCUT2D eigenvalue weighted by Gasteiger charge is 2.47. The molecular weight excluding hydrogens is 565 g/mol. The van der Waals surface area contributed by atoms with Crippen LogP contribution in [-0.4, -0.2) is 0 Å². The first-order valence-electron chi connectivity index (χ1n) is 16.4. The second kappa shape index (κ2) is 15.2. The SMILES string of the molecule is C=C(C)c1ccc(-c2ccccc2)cc1.C=C/C=C(\C=C/C)C1(c2ccccc2)c2ccccc2-c2c(C(/C=C\C)=C/C)cccc21. The predicted molar refractivity (Wildman–Crippen MR) is 206 cm³/mol. The van der Waals surface area contributed by atoms with E-state index < -0.39 is 5.41 Å². The molecule has 0 saturated carbocycles. The highest BCUT2D eigenvalue weighted by Crippen LogP contribution is 2.58. The molecule has 0 aromatic heterocycles. The van der Waals surface area contributed by atoms with Gasteiger partial charge in [-0.15, -0.1) is 0 Å². The zero-order valence-electron chi connectivity index (χ0n) is 28.1. The lowest BCUT2D eigenvalue weighted by Gasteiger charge is -2.34. The third-order valence-electron chi connectivity index (χ3n) is 8.81. The van der Waals surface area contributed by atoms with Crippen LogP contribution in [0.4, 0.5) is 0 Å². The number of fused-ring (bicyclic) bond motifs is 3. The maximum absolute atomic E-state index is 4.05. The summed E-state index contributed by atoms with van der Waals surface area (Å²) in [4.78, 5) is 0. The van der Waals surface area contributed by atoms with Gasteiger partial charge in [0, 0.05) is 0 Å². The summed E-state index contributed by atoms with van der Waals surface area (Å²) in [5.41, 5.74) is 14.7. The van der Waals surface area contributed by atoms with E-state index in [4.69, 9.17) is 0 Å². The van der Waals surface area contributed by atoms with Crippen molar-refractivity contribution in [2.75, 3.05) is 0 Å². The minimum Gasteiger partial charge on any atom is -0.0991 e. The summed E-state index contributed by atoms with van der Waals surface area (Å²) in [5.74, 6) is 0. The van der Waals surface area contributed by atoms with Crippen molar-refractivity contribution in [2.45, 2.75) is 33.1 Å². The average Bonchev–Trinajstić information content (AvgIpc) is 3.43. The zero-order valence-corrected chi connectivity index (χ0v) is 28.1. The lowest BCUT2D eigenvalue weighted by Crippen LogP contribution is -2.29. The van der Waals surface area contributed by atoms with E-state index in [0.29, 0.717) is 0 Å². The van der Waals surface area contributed by atoms with Gasteiger partial charge in [-0.25, -0.2) is 0 Å². The quantitative estimate of drug-likeness (QED) is 0.154. The number of hydrogen-bond donors (Lipinski definition) is 0. The number of rotatable bonds is 8. The summed E-state index contributed by atoms with van der Waals surface area (Å²) in [6, 6.07) is 45.4. The van der Waals surface area contributed by atoms with Gasteiger partial charge in [0.15, 0.2) is 0 Å². The van der Waals surface area contributed by atoms with Crippen molar-refractivity contribution in [2.24, 2.45) is 0 Å². The monoisotopic (exact) mass is 608 g/mol. The fourth-order valence-electron chi connectivity index (χ4n) is 6.76. The lowest BCUT2D eigenvalue weighted by molar-refractivity contribution is 0.766. The van der Waals surface area contributed by atoms with Crippen molar-refractivity contribution in [3.8, 4) is 22.3 Å². The predicted octanol–water partition coefficient (Wildman–Crippen LogP) is 13.1. The average molecular weight is 609 g/mol. The maximum atomic E-state index is 4.05. The van der Waals surface area contributed by atoms with Gasteiger partial charge in [-0.1, -0.05) is 189 Å². The molecular formula is C47H44. The standard InChI is InChI=1S/C32H30.C15H14/c1-5-15-24(8-4)27-21-14-23-30-31(27)28-20-12-13-22-29(28)32(30,25(16-6-2)17-7-3)26-18-10-9-11-19-26;1-12(2)13-8-10-15(11-9-13)14-6-4-3-5-7-14/h5-23H,2H2,1,3-4H3;3-11H,1H2,2H3/b15-5-,17-7-,24-8+,25-16+;. The van der Waals surface area contributed by atoms with Gasteiger partial charge in [0.05, 0.1) is 5.41 Å². The van der Waals surface area contributed by atoms with E-state index in [2.05, 4.69) is 192 Å². The molecule has 1 unspecified atom stereocenters. The van der Waals surface area contributed by atoms with Crippen LogP contribution in [0.3, 0.4) is 0 Å². The number of hydrogen-bond acceptors (Lipinski definition) is 0. The van der Waals surface area contributed by atoms with Crippen LogP contribution >= 0.6 is 0 Å². The molecule has 0 heteroatoms. The molecule has 1 atom stereocenters. The third-order valence-corrected chi connectivity index (χ3v) is 8.81. The molecule has 1 aliphatic carbocycles. The van der Waals surface area contributed by atoms with E-state index in [1.54, 1.807) is 0 Å². The molecule has 0 radical (unpaired) electrons. The molecule has 0 bridgehead atoms. The van der Waals surface area contributed by atoms with E-state index in [1.165, 1.54) is 61.2 Å². The van der Waals surface area contributed by atoms with Crippen molar-refractivity contribution in [1.29, 1.82) is 0 Å². The lowest BCUT2D eigenvalue weighted by atomic mass is 9.66. The summed E-state index contributed by atoms with van der Waals surface area (Å²) in [6.45, 7) is 16.3.